The molecule has 0 saturated carbocycles. The van der Waals surface area contributed by atoms with Gasteiger partial charge in [-0.3, -0.25) is 4.90 Å². The molecule has 1 atom stereocenters. The van der Waals surface area contributed by atoms with Gasteiger partial charge in [-0.2, -0.15) is 0 Å². The van der Waals surface area contributed by atoms with Crippen LogP contribution in [0.25, 0.3) is 0 Å². The molecular weight excluding hydrogens is 324 g/mol. The van der Waals surface area contributed by atoms with Gasteiger partial charge < -0.3 is 5.32 Å². The number of halogens is 1. The Morgan fingerprint density at radius 3 is 2.81 bits per heavy atom. The quantitative estimate of drug-likeness (QED) is 0.797. The number of hydrogen-bond acceptors (Lipinski definition) is 2. The van der Waals surface area contributed by atoms with Crippen molar-refractivity contribution < 1.29 is 0 Å². The second-order valence-corrected chi connectivity index (χ2v) is 7.34. The largest absolute Gasteiger partial charge is 0.310 e. The molecule has 1 heterocycles. The standard InChI is InChI=1S/C18H29BrN2/c1-4-17-7-5-6-10-21(17)13-16-9-8-15(11-18(16)19)12-20-14(2)3/h8-9,11,14,17,20H,4-7,10,12-13H2,1-3H3. The molecule has 21 heavy (non-hydrogen) atoms. The van der Waals surface area contributed by atoms with Gasteiger partial charge in [-0.1, -0.05) is 55.3 Å². The summed E-state index contributed by atoms with van der Waals surface area (Å²) in [6, 6.07) is 8.13. The van der Waals surface area contributed by atoms with Gasteiger partial charge in [0.05, 0.1) is 0 Å². The topological polar surface area (TPSA) is 15.3 Å². The Bertz CT molecular complexity index is 445. The van der Waals surface area contributed by atoms with E-state index in [4.69, 9.17) is 0 Å². The molecule has 118 valence electrons. The summed E-state index contributed by atoms with van der Waals surface area (Å²) in [6.07, 6.45) is 5.39. The van der Waals surface area contributed by atoms with Crippen LogP contribution in [0, 0.1) is 0 Å². The predicted octanol–water partition coefficient (Wildman–Crippen LogP) is 4.71. The summed E-state index contributed by atoms with van der Waals surface area (Å²) in [5.41, 5.74) is 2.77. The molecule has 0 amide bonds. The maximum atomic E-state index is 3.77. The Labute approximate surface area is 138 Å². The van der Waals surface area contributed by atoms with Crippen molar-refractivity contribution in [3.63, 3.8) is 0 Å². The monoisotopic (exact) mass is 352 g/mol. The lowest BCUT2D eigenvalue weighted by molar-refractivity contribution is 0.136. The van der Waals surface area contributed by atoms with Crippen LogP contribution in [0.2, 0.25) is 0 Å². The minimum atomic E-state index is 0.530. The Hall–Kier alpha value is -0.380. The molecule has 3 heteroatoms. The third-order valence-electron chi connectivity index (χ3n) is 4.43. The van der Waals surface area contributed by atoms with E-state index in [0.29, 0.717) is 6.04 Å². The first-order valence-electron chi connectivity index (χ1n) is 8.35. The van der Waals surface area contributed by atoms with Gasteiger partial charge in [0.15, 0.2) is 0 Å². The lowest BCUT2D eigenvalue weighted by atomic mass is 9.99. The van der Waals surface area contributed by atoms with E-state index in [1.165, 1.54) is 47.8 Å². The molecule has 1 aromatic rings. The Morgan fingerprint density at radius 2 is 2.14 bits per heavy atom. The third kappa shape index (κ3) is 5.08. The highest BCUT2D eigenvalue weighted by molar-refractivity contribution is 9.10. The summed E-state index contributed by atoms with van der Waals surface area (Å²) < 4.78 is 1.26. The van der Waals surface area contributed by atoms with Gasteiger partial charge in [0.25, 0.3) is 0 Å². The van der Waals surface area contributed by atoms with E-state index in [1.807, 2.05) is 0 Å². The van der Waals surface area contributed by atoms with Crippen molar-refractivity contribution in [1.82, 2.24) is 10.2 Å². The number of nitrogens with one attached hydrogen (secondary N) is 1. The van der Waals surface area contributed by atoms with Gasteiger partial charge >= 0.3 is 0 Å². The van der Waals surface area contributed by atoms with E-state index in [2.05, 4.69) is 65.1 Å². The van der Waals surface area contributed by atoms with Crippen LogP contribution in [0.1, 0.15) is 57.6 Å². The van der Waals surface area contributed by atoms with Crippen LogP contribution in [0.4, 0.5) is 0 Å². The number of hydrogen-bond donors (Lipinski definition) is 1. The van der Waals surface area contributed by atoms with Crippen LogP contribution in [0.5, 0.6) is 0 Å². The molecule has 0 radical (unpaired) electrons. The molecule has 1 aliphatic heterocycles. The molecular formula is C18H29BrN2. The van der Waals surface area contributed by atoms with Crippen molar-refractivity contribution in [3.05, 3.63) is 33.8 Å². The lowest BCUT2D eigenvalue weighted by Gasteiger charge is -2.35. The number of nitrogens with zero attached hydrogens (tertiary/aromatic N) is 1. The van der Waals surface area contributed by atoms with E-state index in [9.17, 15) is 0 Å². The van der Waals surface area contributed by atoms with E-state index < -0.39 is 0 Å². The van der Waals surface area contributed by atoms with Gasteiger partial charge in [-0.15, -0.1) is 0 Å². The molecule has 1 fully saturated rings. The number of likely N-dealkylation sites (tertiary alicyclic amines) is 1. The Kier molecular flexibility index (Phi) is 6.72. The van der Waals surface area contributed by atoms with Crippen molar-refractivity contribution in [2.24, 2.45) is 0 Å². The van der Waals surface area contributed by atoms with Crippen LogP contribution in [-0.4, -0.2) is 23.5 Å². The predicted molar refractivity (Wildman–Crippen MR) is 94.5 cm³/mol. The zero-order valence-electron chi connectivity index (χ0n) is 13.7. The summed E-state index contributed by atoms with van der Waals surface area (Å²) in [6.45, 7) is 9.96. The first-order chi connectivity index (χ1) is 10.1. The molecule has 0 aliphatic carbocycles. The summed E-state index contributed by atoms with van der Waals surface area (Å²) in [5, 5.41) is 3.47. The molecule has 1 saturated heterocycles. The number of piperidine rings is 1. The summed E-state index contributed by atoms with van der Waals surface area (Å²) in [4.78, 5) is 2.66. The normalized spacial score (nSPS) is 20.1. The van der Waals surface area contributed by atoms with Crippen LogP contribution < -0.4 is 5.32 Å². The highest BCUT2D eigenvalue weighted by atomic mass is 79.9. The van der Waals surface area contributed by atoms with E-state index in [1.54, 1.807) is 0 Å². The van der Waals surface area contributed by atoms with Crippen molar-refractivity contribution in [3.8, 4) is 0 Å². The van der Waals surface area contributed by atoms with E-state index in [0.717, 1.165) is 19.1 Å². The van der Waals surface area contributed by atoms with Gasteiger partial charge in [0, 0.05) is 29.6 Å². The number of rotatable bonds is 6. The minimum absolute atomic E-state index is 0.530. The van der Waals surface area contributed by atoms with E-state index >= 15 is 0 Å². The minimum Gasteiger partial charge on any atom is -0.310 e. The Balaban J connectivity index is 1.99. The van der Waals surface area contributed by atoms with Crippen molar-refractivity contribution >= 4 is 15.9 Å². The molecule has 1 N–H and O–H groups in total. The third-order valence-corrected chi connectivity index (χ3v) is 5.16. The smallest absolute Gasteiger partial charge is 0.0247 e. The molecule has 0 bridgehead atoms. The second kappa shape index (κ2) is 8.30. The molecule has 2 nitrogen and oxygen atoms in total. The van der Waals surface area contributed by atoms with E-state index in [-0.39, 0.29) is 0 Å². The molecule has 0 spiro atoms. The highest BCUT2D eigenvalue weighted by Crippen LogP contribution is 2.25. The first kappa shape index (κ1) is 17.0. The molecule has 1 aromatic carbocycles. The van der Waals surface area contributed by atoms with Gasteiger partial charge in [0.2, 0.25) is 0 Å². The number of benzene rings is 1. The second-order valence-electron chi connectivity index (χ2n) is 6.49. The Morgan fingerprint density at radius 1 is 1.33 bits per heavy atom. The van der Waals surface area contributed by atoms with Crippen molar-refractivity contribution in [1.29, 1.82) is 0 Å². The lowest BCUT2D eigenvalue weighted by Crippen LogP contribution is -2.38. The van der Waals surface area contributed by atoms with Gasteiger partial charge in [-0.25, -0.2) is 0 Å². The van der Waals surface area contributed by atoms with Crippen molar-refractivity contribution in [2.45, 2.75) is 71.6 Å². The fraction of sp³-hybridized carbons (Fsp3) is 0.667. The summed E-state index contributed by atoms with van der Waals surface area (Å²) in [5.74, 6) is 0. The fourth-order valence-electron chi connectivity index (χ4n) is 3.10. The SMILES string of the molecule is CCC1CCCCN1Cc1ccc(CNC(C)C)cc1Br. The average molecular weight is 353 g/mol. The molecule has 1 aliphatic rings. The average Bonchev–Trinajstić information content (AvgIpc) is 2.48. The van der Waals surface area contributed by atoms with Crippen LogP contribution in [0.15, 0.2) is 22.7 Å². The van der Waals surface area contributed by atoms with Gasteiger partial charge in [-0.05, 0) is 43.0 Å². The maximum Gasteiger partial charge on any atom is 0.0247 e. The van der Waals surface area contributed by atoms with Gasteiger partial charge in [0.1, 0.15) is 0 Å². The summed E-state index contributed by atoms with van der Waals surface area (Å²) in [7, 11) is 0. The molecule has 2 rings (SSSR count). The fourth-order valence-corrected chi connectivity index (χ4v) is 3.65. The molecule has 0 aromatic heterocycles. The molecule has 1 unspecified atom stereocenters. The maximum absolute atomic E-state index is 3.77. The van der Waals surface area contributed by atoms with Crippen molar-refractivity contribution in [2.75, 3.05) is 6.54 Å². The van der Waals surface area contributed by atoms with Crippen LogP contribution in [-0.2, 0) is 13.1 Å². The first-order valence-corrected chi connectivity index (χ1v) is 9.14. The van der Waals surface area contributed by atoms with Crippen LogP contribution in [0.3, 0.4) is 0 Å². The highest BCUT2D eigenvalue weighted by Gasteiger charge is 2.21. The zero-order chi connectivity index (χ0) is 15.2. The van der Waals surface area contributed by atoms with Crippen LogP contribution >= 0.6 is 15.9 Å². The zero-order valence-corrected chi connectivity index (χ0v) is 15.2. The summed E-state index contributed by atoms with van der Waals surface area (Å²) >= 11 is 3.77.